The predicted molar refractivity (Wildman–Crippen MR) is 64.0 cm³/mol. The van der Waals surface area contributed by atoms with Gasteiger partial charge in [0.25, 0.3) is 0 Å². The van der Waals surface area contributed by atoms with Gasteiger partial charge in [-0.25, -0.2) is 0 Å². The van der Waals surface area contributed by atoms with Gasteiger partial charge < -0.3 is 5.32 Å². The molecule has 15 heavy (non-hydrogen) atoms. The molecule has 0 unspecified atom stereocenters. The number of hydrogen-bond donors (Lipinski definition) is 1. The Kier molecular flexibility index (Phi) is 2.19. The van der Waals surface area contributed by atoms with Gasteiger partial charge in [-0.2, -0.15) is 0 Å². The molecule has 1 nitrogen and oxygen atoms in total. The summed E-state index contributed by atoms with van der Waals surface area (Å²) < 4.78 is 0. The lowest BCUT2D eigenvalue weighted by molar-refractivity contribution is 0.440. The van der Waals surface area contributed by atoms with Gasteiger partial charge in [0.2, 0.25) is 0 Å². The molecule has 0 spiro atoms. The zero-order valence-electron chi connectivity index (χ0n) is 9.37. The van der Waals surface area contributed by atoms with E-state index in [1.807, 2.05) is 0 Å². The van der Waals surface area contributed by atoms with Gasteiger partial charge in [0.05, 0.1) is 0 Å². The second kappa shape index (κ2) is 3.55. The average Bonchev–Trinajstić information content (AvgIpc) is 2.79. The number of anilines is 1. The molecule has 2 fully saturated rings. The fourth-order valence-corrected chi connectivity index (χ4v) is 3.37. The molecule has 3 atom stereocenters. The van der Waals surface area contributed by atoms with Crippen LogP contribution in [0.5, 0.6) is 0 Å². The zero-order chi connectivity index (χ0) is 10.3. The summed E-state index contributed by atoms with van der Waals surface area (Å²) in [6.45, 7) is 2.16. The molecule has 0 saturated heterocycles. The Morgan fingerprint density at radius 1 is 1.20 bits per heavy atom. The monoisotopic (exact) mass is 201 g/mol. The Balaban J connectivity index is 1.71. The normalized spacial score (nSPS) is 33.3. The molecule has 0 heterocycles. The standard InChI is InChI=1S/C14H19N/c1-10-3-2-4-13(7-10)15-14-9-11-5-6-12(14)8-11/h2-4,7,11-12,14-15H,5-6,8-9H2,1H3/t11-,12+,14-/m0/s1. The van der Waals surface area contributed by atoms with E-state index in [-0.39, 0.29) is 0 Å². The van der Waals surface area contributed by atoms with Crippen molar-refractivity contribution in [2.75, 3.05) is 5.32 Å². The molecule has 2 saturated carbocycles. The molecule has 0 amide bonds. The van der Waals surface area contributed by atoms with Crippen molar-refractivity contribution in [2.45, 2.75) is 38.6 Å². The third-order valence-electron chi connectivity index (χ3n) is 4.11. The van der Waals surface area contributed by atoms with E-state index in [4.69, 9.17) is 0 Å². The zero-order valence-corrected chi connectivity index (χ0v) is 9.37. The summed E-state index contributed by atoms with van der Waals surface area (Å²) in [5.74, 6) is 1.98. The van der Waals surface area contributed by atoms with Crippen molar-refractivity contribution in [3.63, 3.8) is 0 Å². The van der Waals surface area contributed by atoms with Crippen molar-refractivity contribution < 1.29 is 0 Å². The maximum Gasteiger partial charge on any atom is 0.0345 e. The number of benzene rings is 1. The van der Waals surface area contributed by atoms with Crippen molar-refractivity contribution in [2.24, 2.45) is 11.8 Å². The third kappa shape index (κ3) is 1.75. The summed E-state index contributed by atoms with van der Waals surface area (Å²) in [6.07, 6.45) is 5.81. The lowest BCUT2D eigenvalue weighted by Gasteiger charge is -2.24. The van der Waals surface area contributed by atoms with E-state index in [1.165, 1.54) is 36.9 Å². The van der Waals surface area contributed by atoms with Crippen LogP contribution in [0.4, 0.5) is 5.69 Å². The average molecular weight is 201 g/mol. The van der Waals surface area contributed by atoms with E-state index in [0.29, 0.717) is 0 Å². The number of hydrogen-bond acceptors (Lipinski definition) is 1. The summed E-state index contributed by atoms with van der Waals surface area (Å²) >= 11 is 0. The Labute approximate surface area is 91.9 Å². The van der Waals surface area contributed by atoms with Crippen LogP contribution in [0.2, 0.25) is 0 Å². The van der Waals surface area contributed by atoms with Gasteiger partial charge in [0.1, 0.15) is 0 Å². The molecule has 80 valence electrons. The van der Waals surface area contributed by atoms with E-state index >= 15 is 0 Å². The van der Waals surface area contributed by atoms with Gasteiger partial charge in [-0.05, 0) is 55.7 Å². The topological polar surface area (TPSA) is 12.0 Å². The van der Waals surface area contributed by atoms with Crippen LogP contribution in [-0.4, -0.2) is 6.04 Å². The second-order valence-electron chi connectivity index (χ2n) is 5.30. The van der Waals surface area contributed by atoms with Gasteiger partial charge in [0.15, 0.2) is 0 Å². The maximum atomic E-state index is 3.71. The molecule has 3 rings (SSSR count). The molecular formula is C14H19N. The summed E-state index contributed by atoms with van der Waals surface area (Å²) in [4.78, 5) is 0. The van der Waals surface area contributed by atoms with Gasteiger partial charge in [0, 0.05) is 11.7 Å². The molecule has 1 aromatic carbocycles. The van der Waals surface area contributed by atoms with Crippen LogP contribution in [0, 0.1) is 18.8 Å². The van der Waals surface area contributed by atoms with Crippen LogP contribution in [0.1, 0.15) is 31.2 Å². The largest absolute Gasteiger partial charge is 0.382 e. The second-order valence-corrected chi connectivity index (χ2v) is 5.30. The molecule has 2 aliphatic rings. The third-order valence-corrected chi connectivity index (χ3v) is 4.11. The highest BCUT2D eigenvalue weighted by Crippen LogP contribution is 2.45. The minimum atomic E-state index is 0.755. The first-order valence-corrected chi connectivity index (χ1v) is 6.14. The SMILES string of the molecule is Cc1cccc(N[C@H]2C[C@H]3CC[C@@H]2C3)c1. The number of aryl methyl sites for hydroxylation is 1. The Bertz CT molecular complexity index is 358. The van der Waals surface area contributed by atoms with Crippen molar-refractivity contribution in [1.82, 2.24) is 0 Å². The summed E-state index contributed by atoms with van der Waals surface area (Å²) in [6, 6.07) is 9.51. The Morgan fingerprint density at radius 2 is 2.13 bits per heavy atom. The van der Waals surface area contributed by atoms with Crippen LogP contribution in [0.15, 0.2) is 24.3 Å². The lowest BCUT2D eigenvalue weighted by atomic mass is 9.95. The molecule has 2 bridgehead atoms. The van der Waals surface area contributed by atoms with Crippen LogP contribution < -0.4 is 5.32 Å². The number of fused-ring (bicyclic) bond motifs is 2. The Morgan fingerprint density at radius 3 is 2.80 bits per heavy atom. The minimum absolute atomic E-state index is 0.755. The summed E-state index contributed by atoms with van der Waals surface area (Å²) in [5.41, 5.74) is 2.66. The molecule has 0 aromatic heterocycles. The number of rotatable bonds is 2. The first-order valence-electron chi connectivity index (χ1n) is 6.14. The highest BCUT2D eigenvalue weighted by molar-refractivity contribution is 5.46. The maximum absolute atomic E-state index is 3.71. The van der Waals surface area contributed by atoms with Crippen LogP contribution in [0.25, 0.3) is 0 Å². The first-order chi connectivity index (χ1) is 7.31. The fourth-order valence-electron chi connectivity index (χ4n) is 3.37. The molecule has 0 aliphatic heterocycles. The molecular weight excluding hydrogens is 182 g/mol. The van der Waals surface area contributed by atoms with E-state index in [0.717, 1.165) is 17.9 Å². The minimum Gasteiger partial charge on any atom is -0.382 e. The van der Waals surface area contributed by atoms with E-state index in [9.17, 15) is 0 Å². The van der Waals surface area contributed by atoms with Gasteiger partial charge in [-0.1, -0.05) is 18.6 Å². The van der Waals surface area contributed by atoms with E-state index in [2.05, 4.69) is 36.5 Å². The highest BCUT2D eigenvalue weighted by Gasteiger charge is 2.39. The summed E-state index contributed by atoms with van der Waals surface area (Å²) in [7, 11) is 0. The predicted octanol–water partition coefficient (Wildman–Crippen LogP) is 3.60. The molecule has 1 heteroatoms. The lowest BCUT2D eigenvalue weighted by Crippen LogP contribution is -2.25. The van der Waals surface area contributed by atoms with Crippen LogP contribution in [-0.2, 0) is 0 Å². The van der Waals surface area contributed by atoms with Gasteiger partial charge in [-0.3, -0.25) is 0 Å². The molecule has 0 radical (unpaired) electrons. The van der Waals surface area contributed by atoms with Crippen molar-refractivity contribution >= 4 is 5.69 Å². The quantitative estimate of drug-likeness (QED) is 0.771. The molecule has 1 aromatic rings. The highest BCUT2D eigenvalue weighted by atomic mass is 14.9. The Hall–Kier alpha value is -0.980. The number of nitrogens with one attached hydrogen (secondary N) is 1. The van der Waals surface area contributed by atoms with Crippen LogP contribution >= 0.6 is 0 Å². The smallest absolute Gasteiger partial charge is 0.0345 e. The molecule has 2 aliphatic carbocycles. The molecule has 1 N–H and O–H groups in total. The van der Waals surface area contributed by atoms with Crippen molar-refractivity contribution in [1.29, 1.82) is 0 Å². The van der Waals surface area contributed by atoms with Crippen molar-refractivity contribution in [3.8, 4) is 0 Å². The van der Waals surface area contributed by atoms with E-state index < -0.39 is 0 Å². The van der Waals surface area contributed by atoms with Crippen molar-refractivity contribution in [3.05, 3.63) is 29.8 Å². The summed E-state index contributed by atoms with van der Waals surface area (Å²) in [5, 5.41) is 3.71. The van der Waals surface area contributed by atoms with Crippen LogP contribution in [0.3, 0.4) is 0 Å². The van der Waals surface area contributed by atoms with E-state index in [1.54, 1.807) is 0 Å². The van der Waals surface area contributed by atoms with Gasteiger partial charge in [-0.15, -0.1) is 0 Å². The van der Waals surface area contributed by atoms with Gasteiger partial charge >= 0.3 is 0 Å². The fraction of sp³-hybridized carbons (Fsp3) is 0.571. The first kappa shape index (κ1) is 9.26.